The second kappa shape index (κ2) is 6.97. The van der Waals surface area contributed by atoms with Crippen LogP contribution in [0.4, 0.5) is 13.2 Å². The minimum atomic E-state index is -4.30. The van der Waals surface area contributed by atoms with Crippen LogP contribution in [0.15, 0.2) is 18.2 Å². The quantitative estimate of drug-likeness (QED) is 0.631. The van der Waals surface area contributed by atoms with Gasteiger partial charge in [0.05, 0.1) is 0 Å². The molecule has 1 saturated carbocycles. The topological polar surface area (TPSA) is 9.23 Å². The fourth-order valence-electron chi connectivity index (χ4n) is 4.42. The third-order valence-electron chi connectivity index (χ3n) is 5.73. The van der Waals surface area contributed by atoms with E-state index in [9.17, 15) is 13.2 Å². The molecular formula is C20H27F3O. The van der Waals surface area contributed by atoms with Gasteiger partial charge in [-0.2, -0.15) is 13.2 Å². The SMILES string of the molecule is CCCC1CCC(c2ccc3c(c2)CC(C)C(C(F)(F)F)O3)CC1. The largest absolute Gasteiger partial charge is 0.480 e. The summed E-state index contributed by atoms with van der Waals surface area (Å²) in [6, 6.07) is 5.84. The fourth-order valence-corrected chi connectivity index (χ4v) is 4.42. The molecule has 0 bridgehead atoms. The molecule has 0 N–H and O–H groups in total. The highest BCUT2D eigenvalue weighted by Crippen LogP contribution is 2.42. The molecule has 0 spiro atoms. The van der Waals surface area contributed by atoms with Crippen molar-refractivity contribution in [2.24, 2.45) is 11.8 Å². The maximum Gasteiger partial charge on any atom is 0.425 e. The van der Waals surface area contributed by atoms with E-state index in [1.54, 1.807) is 13.0 Å². The number of halogens is 3. The van der Waals surface area contributed by atoms with Crippen molar-refractivity contribution in [1.82, 2.24) is 0 Å². The molecule has 1 heterocycles. The van der Waals surface area contributed by atoms with Crippen molar-refractivity contribution in [2.45, 2.75) is 77.0 Å². The molecular weight excluding hydrogens is 313 g/mol. The van der Waals surface area contributed by atoms with E-state index < -0.39 is 18.2 Å². The van der Waals surface area contributed by atoms with Crippen LogP contribution in [-0.2, 0) is 6.42 Å². The Morgan fingerprint density at radius 1 is 1.12 bits per heavy atom. The molecule has 1 aromatic carbocycles. The van der Waals surface area contributed by atoms with Crippen LogP contribution in [0.3, 0.4) is 0 Å². The van der Waals surface area contributed by atoms with Crippen molar-refractivity contribution in [3.8, 4) is 5.75 Å². The van der Waals surface area contributed by atoms with Gasteiger partial charge >= 0.3 is 6.18 Å². The van der Waals surface area contributed by atoms with Gasteiger partial charge in [0.2, 0.25) is 0 Å². The van der Waals surface area contributed by atoms with Gasteiger partial charge < -0.3 is 4.74 Å². The first-order valence-corrected chi connectivity index (χ1v) is 9.24. The van der Waals surface area contributed by atoms with Gasteiger partial charge in [0.25, 0.3) is 0 Å². The van der Waals surface area contributed by atoms with Crippen LogP contribution < -0.4 is 4.74 Å². The summed E-state index contributed by atoms with van der Waals surface area (Å²) in [4.78, 5) is 0. The highest BCUT2D eigenvalue weighted by atomic mass is 19.4. The van der Waals surface area contributed by atoms with E-state index in [-0.39, 0.29) is 0 Å². The molecule has 0 aromatic heterocycles. The number of alkyl halides is 3. The smallest absolute Gasteiger partial charge is 0.425 e. The number of hydrogen-bond donors (Lipinski definition) is 0. The first-order valence-electron chi connectivity index (χ1n) is 9.24. The van der Waals surface area contributed by atoms with Crippen LogP contribution in [0.2, 0.25) is 0 Å². The Hall–Kier alpha value is -1.19. The summed E-state index contributed by atoms with van der Waals surface area (Å²) >= 11 is 0. The minimum Gasteiger partial charge on any atom is -0.480 e. The van der Waals surface area contributed by atoms with Gasteiger partial charge in [-0.05, 0) is 61.1 Å². The molecule has 1 fully saturated rings. The molecule has 0 radical (unpaired) electrons. The molecule has 134 valence electrons. The lowest BCUT2D eigenvalue weighted by molar-refractivity contribution is -0.211. The highest BCUT2D eigenvalue weighted by Gasteiger charge is 2.47. The van der Waals surface area contributed by atoms with Gasteiger partial charge in [0.1, 0.15) is 5.75 Å². The summed E-state index contributed by atoms with van der Waals surface area (Å²) in [6.45, 7) is 3.87. The maximum atomic E-state index is 13.0. The van der Waals surface area contributed by atoms with E-state index >= 15 is 0 Å². The molecule has 2 aliphatic rings. The Bertz CT molecular complexity index is 558. The normalized spacial score (nSPS) is 30.5. The lowest BCUT2D eigenvalue weighted by Crippen LogP contribution is -2.43. The third kappa shape index (κ3) is 3.73. The molecule has 4 heteroatoms. The Kier molecular flexibility index (Phi) is 5.12. The molecule has 1 aliphatic heterocycles. The summed E-state index contributed by atoms with van der Waals surface area (Å²) in [7, 11) is 0. The lowest BCUT2D eigenvalue weighted by atomic mass is 9.76. The van der Waals surface area contributed by atoms with E-state index in [1.165, 1.54) is 44.1 Å². The van der Waals surface area contributed by atoms with Gasteiger partial charge in [-0.3, -0.25) is 0 Å². The Labute approximate surface area is 142 Å². The van der Waals surface area contributed by atoms with E-state index in [0.717, 1.165) is 11.5 Å². The average molecular weight is 340 g/mol. The number of benzene rings is 1. The Balaban J connectivity index is 1.71. The van der Waals surface area contributed by atoms with Gasteiger partial charge in [0, 0.05) is 5.92 Å². The van der Waals surface area contributed by atoms with Crippen molar-refractivity contribution in [1.29, 1.82) is 0 Å². The first kappa shape index (κ1) is 17.6. The maximum absolute atomic E-state index is 13.0. The first-order chi connectivity index (χ1) is 11.4. The second-order valence-corrected chi connectivity index (χ2v) is 7.63. The standard InChI is InChI=1S/C20H27F3O/c1-3-4-14-5-7-15(8-6-14)16-9-10-18-17(12-16)11-13(2)19(24-18)20(21,22)23/h9-10,12-15,19H,3-8,11H2,1-2H3. The molecule has 0 saturated heterocycles. The molecule has 3 rings (SSSR count). The molecule has 2 atom stereocenters. The molecule has 1 aromatic rings. The zero-order chi connectivity index (χ0) is 17.3. The van der Waals surface area contributed by atoms with Crippen LogP contribution in [0.1, 0.15) is 69.4 Å². The summed E-state index contributed by atoms with van der Waals surface area (Å²) < 4.78 is 44.4. The number of fused-ring (bicyclic) bond motifs is 1. The van der Waals surface area contributed by atoms with Crippen LogP contribution in [0.25, 0.3) is 0 Å². The molecule has 0 amide bonds. The van der Waals surface area contributed by atoms with Crippen molar-refractivity contribution in [2.75, 3.05) is 0 Å². The van der Waals surface area contributed by atoms with Crippen molar-refractivity contribution < 1.29 is 17.9 Å². The summed E-state index contributed by atoms with van der Waals surface area (Å²) in [6.07, 6.45) is 1.99. The van der Waals surface area contributed by atoms with Gasteiger partial charge in [0.15, 0.2) is 6.10 Å². The summed E-state index contributed by atoms with van der Waals surface area (Å²) in [5.41, 5.74) is 2.22. The Morgan fingerprint density at radius 3 is 2.46 bits per heavy atom. The minimum absolute atomic E-state index is 0.416. The van der Waals surface area contributed by atoms with Crippen LogP contribution in [-0.4, -0.2) is 12.3 Å². The van der Waals surface area contributed by atoms with Crippen molar-refractivity contribution >= 4 is 0 Å². The van der Waals surface area contributed by atoms with Gasteiger partial charge in [-0.25, -0.2) is 0 Å². The predicted octanol–water partition coefficient (Wildman–Crippen LogP) is 6.26. The van der Waals surface area contributed by atoms with E-state index in [1.807, 2.05) is 6.07 Å². The predicted molar refractivity (Wildman–Crippen MR) is 89.4 cm³/mol. The van der Waals surface area contributed by atoms with Gasteiger partial charge in [-0.15, -0.1) is 0 Å². The van der Waals surface area contributed by atoms with Gasteiger partial charge in [-0.1, -0.05) is 38.8 Å². The monoisotopic (exact) mass is 340 g/mol. The number of rotatable bonds is 3. The van der Waals surface area contributed by atoms with Crippen LogP contribution in [0.5, 0.6) is 5.75 Å². The third-order valence-corrected chi connectivity index (χ3v) is 5.73. The molecule has 2 unspecified atom stereocenters. The average Bonchev–Trinajstić information content (AvgIpc) is 2.53. The zero-order valence-corrected chi connectivity index (χ0v) is 14.5. The number of ether oxygens (including phenoxy) is 1. The molecule has 24 heavy (non-hydrogen) atoms. The molecule has 1 aliphatic carbocycles. The Morgan fingerprint density at radius 2 is 1.83 bits per heavy atom. The number of hydrogen-bond acceptors (Lipinski definition) is 1. The molecule has 1 nitrogen and oxygen atoms in total. The zero-order valence-electron chi connectivity index (χ0n) is 14.5. The van der Waals surface area contributed by atoms with Crippen LogP contribution >= 0.6 is 0 Å². The fraction of sp³-hybridized carbons (Fsp3) is 0.700. The second-order valence-electron chi connectivity index (χ2n) is 7.63. The van der Waals surface area contributed by atoms with E-state index in [2.05, 4.69) is 13.0 Å². The van der Waals surface area contributed by atoms with Crippen LogP contribution in [0, 0.1) is 11.8 Å². The van der Waals surface area contributed by atoms with E-state index in [4.69, 9.17) is 4.74 Å². The summed E-state index contributed by atoms with van der Waals surface area (Å²) in [5, 5.41) is 0. The van der Waals surface area contributed by atoms with E-state index in [0.29, 0.717) is 18.1 Å². The van der Waals surface area contributed by atoms with Crippen molar-refractivity contribution in [3.05, 3.63) is 29.3 Å². The summed E-state index contributed by atoms with van der Waals surface area (Å²) in [5.74, 6) is 1.30. The van der Waals surface area contributed by atoms with Crippen molar-refractivity contribution in [3.63, 3.8) is 0 Å². The lowest BCUT2D eigenvalue weighted by Gasteiger charge is -2.34. The highest BCUT2D eigenvalue weighted by molar-refractivity contribution is 5.40.